The molecule has 106 valence electrons. The van der Waals surface area contributed by atoms with Gasteiger partial charge in [0.25, 0.3) is 0 Å². The monoisotopic (exact) mass is 278 g/mol. The average Bonchev–Trinajstić information content (AvgIpc) is 3.11. The van der Waals surface area contributed by atoms with Crippen molar-refractivity contribution in [2.75, 3.05) is 0 Å². The topological polar surface area (TPSA) is 46.5 Å². The van der Waals surface area contributed by atoms with Crippen LogP contribution in [0.1, 0.15) is 24.8 Å². The van der Waals surface area contributed by atoms with Crippen molar-refractivity contribution in [1.29, 1.82) is 5.26 Å². The fourth-order valence-corrected chi connectivity index (χ4v) is 2.88. The Kier molecular flexibility index (Phi) is 3.74. The second-order valence-electron chi connectivity index (χ2n) is 5.20. The van der Waals surface area contributed by atoms with Gasteiger partial charge in [0.2, 0.25) is 0 Å². The van der Waals surface area contributed by atoms with Crippen LogP contribution in [0.25, 0.3) is 16.7 Å². The van der Waals surface area contributed by atoms with Gasteiger partial charge in [0, 0.05) is 36.3 Å². The van der Waals surface area contributed by atoms with E-state index >= 15 is 0 Å². The first-order chi connectivity index (χ1) is 10.3. The number of aromatic nitrogens is 3. The summed E-state index contributed by atoms with van der Waals surface area (Å²) in [7, 11) is 0. The molecule has 0 atom stereocenters. The van der Waals surface area contributed by atoms with Crippen LogP contribution < -0.4 is 0 Å². The Hall–Kier alpha value is -2.54. The lowest BCUT2D eigenvalue weighted by atomic mass is 10.2. The van der Waals surface area contributed by atoms with Crippen LogP contribution in [0.15, 0.2) is 43.0 Å². The third-order valence-electron chi connectivity index (χ3n) is 3.86. The summed E-state index contributed by atoms with van der Waals surface area (Å²) >= 11 is 0. The number of rotatable bonds is 5. The largest absolute Gasteiger partial charge is 0.327 e. The van der Waals surface area contributed by atoms with Gasteiger partial charge in [-0.1, -0.05) is 18.2 Å². The molecule has 4 nitrogen and oxygen atoms in total. The van der Waals surface area contributed by atoms with Gasteiger partial charge in [-0.15, -0.1) is 0 Å². The van der Waals surface area contributed by atoms with Gasteiger partial charge in [-0.2, -0.15) is 5.26 Å². The van der Waals surface area contributed by atoms with Crippen molar-refractivity contribution in [2.24, 2.45) is 0 Å². The maximum Gasteiger partial charge on any atom is 0.122 e. The zero-order valence-corrected chi connectivity index (χ0v) is 12.2. The number of para-hydroxylation sites is 1. The number of unbranched alkanes of at least 4 members (excludes halogenated alkanes) is 2. The first-order valence-electron chi connectivity index (χ1n) is 7.26. The Bertz CT molecular complexity index is 775. The van der Waals surface area contributed by atoms with Gasteiger partial charge in [0.1, 0.15) is 12.1 Å². The van der Waals surface area contributed by atoms with E-state index in [0.717, 1.165) is 19.4 Å². The zero-order valence-electron chi connectivity index (χ0n) is 12.2. The van der Waals surface area contributed by atoms with Gasteiger partial charge in [0.05, 0.1) is 6.07 Å². The van der Waals surface area contributed by atoms with Gasteiger partial charge < -0.3 is 4.57 Å². The molecule has 2 heterocycles. The summed E-state index contributed by atoms with van der Waals surface area (Å²) in [5.41, 5.74) is 2.51. The Morgan fingerprint density at radius 3 is 2.86 bits per heavy atom. The van der Waals surface area contributed by atoms with Gasteiger partial charge >= 0.3 is 0 Å². The van der Waals surface area contributed by atoms with E-state index in [1.54, 1.807) is 6.20 Å². The number of nitrogens with zero attached hydrogens (tertiary/aromatic N) is 4. The van der Waals surface area contributed by atoms with Crippen molar-refractivity contribution >= 4 is 10.9 Å². The van der Waals surface area contributed by atoms with Crippen LogP contribution in [0, 0.1) is 18.3 Å². The number of benzene rings is 1. The molecular weight excluding hydrogens is 260 g/mol. The van der Waals surface area contributed by atoms with Gasteiger partial charge in [0.15, 0.2) is 0 Å². The Balaban J connectivity index is 2.07. The van der Waals surface area contributed by atoms with E-state index < -0.39 is 0 Å². The minimum atomic E-state index is 0.624. The molecular formula is C17H18N4. The molecule has 0 aliphatic heterocycles. The normalized spacial score (nSPS) is 10.9. The second kappa shape index (κ2) is 5.84. The summed E-state index contributed by atoms with van der Waals surface area (Å²) in [6.45, 7) is 3.08. The van der Waals surface area contributed by atoms with Crippen LogP contribution in [-0.4, -0.2) is 14.1 Å². The molecule has 0 fully saturated rings. The summed E-state index contributed by atoms with van der Waals surface area (Å²) in [6.07, 6.45) is 8.19. The molecule has 0 unspecified atom stereocenters. The summed E-state index contributed by atoms with van der Waals surface area (Å²) in [5, 5.41) is 9.95. The molecule has 3 aromatic rings. The number of hydrogen-bond acceptors (Lipinski definition) is 2. The fraction of sp³-hybridized carbons (Fsp3) is 0.294. The predicted octanol–water partition coefficient (Wildman–Crippen LogP) is 3.83. The molecule has 0 amide bonds. The molecule has 0 saturated carbocycles. The first-order valence-corrected chi connectivity index (χ1v) is 7.26. The molecule has 3 rings (SSSR count). The highest BCUT2D eigenvalue weighted by Crippen LogP contribution is 2.28. The molecule has 2 aromatic heterocycles. The van der Waals surface area contributed by atoms with Crippen LogP contribution in [0.2, 0.25) is 0 Å². The van der Waals surface area contributed by atoms with E-state index in [1.165, 1.54) is 22.3 Å². The number of imidazole rings is 1. The highest BCUT2D eigenvalue weighted by atomic mass is 15.2. The molecule has 0 N–H and O–H groups in total. The Morgan fingerprint density at radius 2 is 2.10 bits per heavy atom. The van der Waals surface area contributed by atoms with E-state index in [0.29, 0.717) is 6.42 Å². The molecule has 0 bridgehead atoms. The fourth-order valence-electron chi connectivity index (χ4n) is 2.88. The van der Waals surface area contributed by atoms with Crippen molar-refractivity contribution in [1.82, 2.24) is 14.1 Å². The lowest BCUT2D eigenvalue weighted by molar-refractivity contribution is 0.619. The third-order valence-corrected chi connectivity index (χ3v) is 3.86. The Morgan fingerprint density at radius 1 is 1.24 bits per heavy atom. The summed E-state index contributed by atoms with van der Waals surface area (Å²) in [4.78, 5) is 4.17. The Labute approximate surface area is 124 Å². The van der Waals surface area contributed by atoms with Crippen LogP contribution in [0.5, 0.6) is 0 Å². The SMILES string of the molecule is Cc1c(-n2ccnc2)n(CCCCC#N)c2ccccc12. The predicted molar refractivity (Wildman–Crippen MR) is 83.3 cm³/mol. The van der Waals surface area contributed by atoms with E-state index in [9.17, 15) is 0 Å². The summed E-state index contributed by atoms with van der Waals surface area (Å²) in [5.74, 6) is 1.17. The van der Waals surface area contributed by atoms with Crippen molar-refractivity contribution in [3.8, 4) is 11.9 Å². The van der Waals surface area contributed by atoms with Crippen LogP contribution in [-0.2, 0) is 6.54 Å². The minimum absolute atomic E-state index is 0.624. The van der Waals surface area contributed by atoms with E-state index in [1.807, 2.05) is 12.5 Å². The highest BCUT2D eigenvalue weighted by Gasteiger charge is 2.14. The maximum atomic E-state index is 8.67. The van der Waals surface area contributed by atoms with Crippen molar-refractivity contribution < 1.29 is 0 Å². The van der Waals surface area contributed by atoms with Crippen LogP contribution in [0.4, 0.5) is 0 Å². The van der Waals surface area contributed by atoms with E-state index in [-0.39, 0.29) is 0 Å². The molecule has 0 saturated heterocycles. The molecule has 21 heavy (non-hydrogen) atoms. The number of fused-ring (bicyclic) bond motifs is 1. The minimum Gasteiger partial charge on any atom is -0.327 e. The highest BCUT2D eigenvalue weighted by molar-refractivity contribution is 5.87. The first kappa shape index (κ1) is 13.4. The lowest BCUT2D eigenvalue weighted by Gasteiger charge is -2.11. The lowest BCUT2D eigenvalue weighted by Crippen LogP contribution is -2.06. The van der Waals surface area contributed by atoms with E-state index in [4.69, 9.17) is 5.26 Å². The number of hydrogen-bond donors (Lipinski definition) is 0. The maximum absolute atomic E-state index is 8.67. The quantitative estimate of drug-likeness (QED) is 0.666. The molecule has 4 heteroatoms. The van der Waals surface area contributed by atoms with Crippen LogP contribution >= 0.6 is 0 Å². The summed E-state index contributed by atoms with van der Waals surface area (Å²) in [6, 6.07) is 10.7. The molecule has 0 aliphatic carbocycles. The molecule has 0 radical (unpaired) electrons. The van der Waals surface area contributed by atoms with E-state index in [2.05, 4.69) is 51.4 Å². The zero-order chi connectivity index (χ0) is 14.7. The van der Waals surface area contributed by atoms with Crippen molar-refractivity contribution in [3.63, 3.8) is 0 Å². The van der Waals surface area contributed by atoms with Gasteiger partial charge in [-0.05, 0) is 31.4 Å². The van der Waals surface area contributed by atoms with Crippen molar-refractivity contribution in [3.05, 3.63) is 48.5 Å². The number of aryl methyl sites for hydroxylation is 2. The van der Waals surface area contributed by atoms with Crippen molar-refractivity contribution in [2.45, 2.75) is 32.7 Å². The second-order valence-corrected chi connectivity index (χ2v) is 5.20. The smallest absolute Gasteiger partial charge is 0.122 e. The average molecular weight is 278 g/mol. The molecule has 0 aliphatic rings. The standard InChI is InChI=1S/C17H18N4/c1-14-15-7-3-4-8-16(15)21(11-6-2-5-9-18)17(14)20-12-10-19-13-20/h3-4,7-8,10,12-13H,2,5-6,11H2,1H3. The molecule has 1 aromatic carbocycles. The van der Waals surface area contributed by atoms with Crippen LogP contribution in [0.3, 0.4) is 0 Å². The number of nitriles is 1. The molecule has 0 spiro atoms. The third kappa shape index (κ3) is 2.43. The van der Waals surface area contributed by atoms with Gasteiger partial charge in [-0.25, -0.2) is 4.98 Å². The summed E-state index contributed by atoms with van der Waals surface area (Å²) < 4.78 is 4.41. The van der Waals surface area contributed by atoms with Gasteiger partial charge in [-0.3, -0.25) is 4.57 Å².